The molecule has 5 heteroatoms. The van der Waals surface area contributed by atoms with Gasteiger partial charge in [-0.25, -0.2) is 0 Å². The first-order valence-electron chi connectivity index (χ1n) is 3.96. The number of aryl methyl sites for hydroxylation is 1. The van der Waals surface area contributed by atoms with Gasteiger partial charge in [-0.2, -0.15) is 5.10 Å². The van der Waals surface area contributed by atoms with Crippen LogP contribution in [0.1, 0.15) is 10.5 Å². The van der Waals surface area contributed by atoms with Crippen LogP contribution in [-0.2, 0) is 7.05 Å². The van der Waals surface area contributed by atoms with Gasteiger partial charge in [0.15, 0.2) is 0 Å². The Hall–Kier alpha value is -1.13. The van der Waals surface area contributed by atoms with Crippen LogP contribution in [-0.4, -0.2) is 15.0 Å². The van der Waals surface area contributed by atoms with Crippen molar-refractivity contribution in [3.05, 3.63) is 29.3 Å². The molecule has 0 aliphatic carbocycles. The van der Waals surface area contributed by atoms with E-state index in [4.69, 9.17) is 11.6 Å². The summed E-state index contributed by atoms with van der Waals surface area (Å²) in [5.41, 5.74) is 1.20. The largest absolute Gasteiger partial charge is 0.274 e. The summed E-state index contributed by atoms with van der Waals surface area (Å²) in [5, 5.41) is 5.68. The van der Waals surface area contributed by atoms with Crippen molar-refractivity contribution in [2.75, 3.05) is 0 Å². The van der Waals surface area contributed by atoms with Crippen LogP contribution < -0.4 is 0 Å². The smallest absolute Gasteiger partial charge is 0.270 e. The van der Waals surface area contributed by atoms with Crippen LogP contribution in [0.5, 0.6) is 0 Å². The van der Waals surface area contributed by atoms with Crippen molar-refractivity contribution in [2.45, 2.75) is 0 Å². The molecule has 0 spiro atoms. The molecule has 2 aromatic rings. The van der Waals surface area contributed by atoms with E-state index in [1.807, 2.05) is 17.5 Å². The van der Waals surface area contributed by atoms with Gasteiger partial charge in [0.1, 0.15) is 11.4 Å². The lowest BCUT2D eigenvalue weighted by molar-refractivity contribution is 0.107. The minimum absolute atomic E-state index is 0.412. The lowest BCUT2D eigenvalue weighted by Crippen LogP contribution is -2.00. The fourth-order valence-corrected chi connectivity index (χ4v) is 2.05. The number of nitrogens with zero attached hydrogens (tertiary/aromatic N) is 2. The topological polar surface area (TPSA) is 34.9 Å². The molecule has 14 heavy (non-hydrogen) atoms. The zero-order valence-electron chi connectivity index (χ0n) is 7.40. The minimum atomic E-state index is -0.484. The first-order valence-corrected chi connectivity index (χ1v) is 5.22. The van der Waals surface area contributed by atoms with Crippen molar-refractivity contribution in [3.8, 4) is 10.6 Å². The van der Waals surface area contributed by atoms with Crippen molar-refractivity contribution in [1.82, 2.24) is 9.78 Å². The van der Waals surface area contributed by atoms with Gasteiger partial charge in [0.05, 0.1) is 4.88 Å². The second-order valence-electron chi connectivity index (χ2n) is 2.79. The summed E-state index contributed by atoms with van der Waals surface area (Å²) >= 11 is 6.97. The minimum Gasteiger partial charge on any atom is -0.274 e. The number of hydrogen-bond acceptors (Lipinski definition) is 3. The van der Waals surface area contributed by atoms with Gasteiger partial charge in [-0.05, 0) is 29.1 Å². The van der Waals surface area contributed by atoms with E-state index < -0.39 is 5.24 Å². The highest BCUT2D eigenvalue weighted by molar-refractivity contribution is 7.13. The molecule has 0 saturated carbocycles. The summed E-state index contributed by atoms with van der Waals surface area (Å²) in [5.74, 6) is 0. The predicted molar refractivity (Wildman–Crippen MR) is 56.7 cm³/mol. The van der Waals surface area contributed by atoms with Crippen molar-refractivity contribution in [3.63, 3.8) is 0 Å². The number of carbonyl (C=O) groups excluding carboxylic acids is 1. The lowest BCUT2D eigenvalue weighted by Gasteiger charge is -1.91. The normalized spacial score (nSPS) is 10.4. The summed E-state index contributed by atoms with van der Waals surface area (Å²) in [6.45, 7) is 0. The van der Waals surface area contributed by atoms with Crippen molar-refractivity contribution in [2.24, 2.45) is 7.05 Å². The Labute approximate surface area is 89.9 Å². The third-order valence-electron chi connectivity index (χ3n) is 1.85. The standard InChI is InChI=1S/C9H7ClN2OS/c1-12-7(9(10)13)5-6(11-12)8-3-2-4-14-8/h2-5H,1H3. The SMILES string of the molecule is Cn1nc(-c2cccs2)cc1C(=O)Cl. The second-order valence-corrected chi connectivity index (χ2v) is 4.08. The van der Waals surface area contributed by atoms with Crippen LogP contribution in [0.3, 0.4) is 0 Å². The molecule has 0 amide bonds. The molecule has 0 aromatic carbocycles. The van der Waals surface area contributed by atoms with Gasteiger partial charge in [-0.3, -0.25) is 9.48 Å². The summed E-state index contributed by atoms with van der Waals surface area (Å²) in [7, 11) is 1.70. The van der Waals surface area contributed by atoms with E-state index in [-0.39, 0.29) is 0 Å². The Balaban J connectivity index is 2.48. The van der Waals surface area contributed by atoms with Gasteiger partial charge in [0, 0.05) is 7.05 Å². The molecular weight excluding hydrogens is 220 g/mol. The monoisotopic (exact) mass is 226 g/mol. The third-order valence-corrected chi connectivity index (χ3v) is 2.94. The number of thiophene rings is 1. The molecular formula is C9H7ClN2OS. The molecule has 0 bridgehead atoms. The van der Waals surface area contributed by atoms with E-state index in [1.165, 1.54) is 4.68 Å². The molecule has 0 aliphatic rings. The van der Waals surface area contributed by atoms with Crippen LogP contribution in [0, 0.1) is 0 Å². The fourth-order valence-electron chi connectivity index (χ4n) is 1.20. The zero-order valence-corrected chi connectivity index (χ0v) is 8.97. The van der Waals surface area contributed by atoms with E-state index in [0.29, 0.717) is 5.69 Å². The van der Waals surface area contributed by atoms with Crippen molar-refractivity contribution in [1.29, 1.82) is 0 Å². The maximum absolute atomic E-state index is 11.0. The Morgan fingerprint density at radius 1 is 1.64 bits per heavy atom. The first-order chi connectivity index (χ1) is 6.68. The second kappa shape index (κ2) is 3.55. The van der Waals surface area contributed by atoms with Crippen LogP contribution in [0.4, 0.5) is 0 Å². The number of halogens is 1. The molecule has 0 radical (unpaired) electrons. The average molecular weight is 227 g/mol. The molecule has 0 N–H and O–H groups in total. The Kier molecular flexibility index (Phi) is 2.39. The van der Waals surface area contributed by atoms with Crippen LogP contribution >= 0.6 is 22.9 Å². The maximum Gasteiger partial charge on any atom is 0.270 e. The van der Waals surface area contributed by atoms with Crippen molar-refractivity contribution >= 4 is 28.2 Å². The summed E-state index contributed by atoms with van der Waals surface area (Å²) < 4.78 is 1.49. The van der Waals surface area contributed by atoms with Gasteiger partial charge >= 0.3 is 0 Å². The van der Waals surface area contributed by atoms with Crippen LogP contribution in [0.25, 0.3) is 10.6 Å². The van der Waals surface area contributed by atoms with Gasteiger partial charge in [0.25, 0.3) is 5.24 Å². The van der Waals surface area contributed by atoms with E-state index in [2.05, 4.69) is 5.10 Å². The zero-order chi connectivity index (χ0) is 10.1. The third kappa shape index (κ3) is 1.58. The summed E-state index contributed by atoms with van der Waals surface area (Å²) in [4.78, 5) is 12.0. The molecule has 3 nitrogen and oxygen atoms in total. The van der Waals surface area contributed by atoms with Crippen LogP contribution in [0.2, 0.25) is 0 Å². The highest BCUT2D eigenvalue weighted by Gasteiger charge is 2.12. The molecule has 0 saturated heterocycles. The average Bonchev–Trinajstić information content (AvgIpc) is 2.70. The Bertz CT molecular complexity index is 461. The number of carbonyl (C=O) groups is 1. The summed E-state index contributed by atoms with van der Waals surface area (Å²) in [6.07, 6.45) is 0. The van der Waals surface area contributed by atoms with E-state index in [0.717, 1.165) is 10.6 Å². The van der Waals surface area contributed by atoms with Gasteiger partial charge in [-0.1, -0.05) is 6.07 Å². The number of rotatable bonds is 2. The molecule has 0 aliphatic heterocycles. The van der Waals surface area contributed by atoms with Gasteiger partial charge < -0.3 is 0 Å². The van der Waals surface area contributed by atoms with Gasteiger partial charge in [-0.15, -0.1) is 11.3 Å². The Morgan fingerprint density at radius 3 is 2.93 bits per heavy atom. The molecule has 2 aromatic heterocycles. The Morgan fingerprint density at radius 2 is 2.43 bits per heavy atom. The van der Waals surface area contributed by atoms with Gasteiger partial charge in [0.2, 0.25) is 0 Å². The molecule has 0 atom stereocenters. The van der Waals surface area contributed by atoms with E-state index in [1.54, 1.807) is 24.5 Å². The highest BCUT2D eigenvalue weighted by atomic mass is 35.5. The quantitative estimate of drug-likeness (QED) is 0.738. The molecule has 72 valence electrons. The number of aromatic nitrogens is 2. The van der Waals surface area contributed by atoms with Crippen LogP contribution in [0.15, 0.2) is 23.6 Å². The highest BCUT2D eigenvalue weighted by Crippen LogP contribution is 2.24. The molecule has 2 heterocycles. The molecule has 0 unspecified atom stereocenters. The van der Waals surface area contributed by atoms with E-state index in [9.17, 15) is 4.79 Å². The maximum atomic E-state index is 11.0. The molecule has 2 rings (SSSR count). The first kappa shape index (κ1) is 9.43. The lowest BCUT2D eigenvalue weighted by atomic mass is 10.3. The number of hydrogen-bond donors (Lipinski definition) is 0. The van der Waals surface area contributed by atoms with Crippen molar-refractivity contribution < 1.29 is 4.79 Å². The predicted octanol–water partition coefficient (Wildman–Crippen LogP) is 2.53. The fraction of sp³-hybridized carbons (Fsp3) is 0.111. The molecule has 0 fully saturated rings. The van der Waals surface area contributed by atoms with E-state index >= 15 is 0 Å². The summed E-state index contributed by atoms with van der Waals surface area (Å²) in [6, 6.07) is 5.59.